The zero-order chi connectivity index (χ0) is 7.40. The number of aromatic amines is 1. The summed E-state index contributed by atoms with van der Waals surface area (Å²) >= 11 is 0. The Kier molecular flexibility index (Phi) is 4.21. The number of nitrogens with one attached hydrogen (secondary N) is 1. The average Bonchev–Trinajstić information content (AvgIpc) is 2.34. The summed E-state index contributed by atoms with van der Waals surface area (Å²) in [5.74, 6) is -0.817. The molecule has 11 heavy (non-hydrogen) atoms. The quantitative estimate of drug-likeness (QED) is 0.694. The van der Waals surface area contributed by atoms with Crippen LogP contribution in [0.3, 0.4) is 0 Å². The van der Waals surface area contributed by atoms with Crippen molar-refractivity contribution in [1.29, 1.82) is 0 Å². The zero-order valence-electron chi connectivity index (χ0n) is 5.65. The van der Waals surface area contributed by atoms with Crippen LogP contribution < -0.4 is 0 Å². The normalized spacial score (nSPS) is 8.73. The molecule has 1 heterocycles. The Morgan fingerprint density at radius 2 is 2.45 bits per heavy atom. The molecule has 0 aliphatic carbocycles. The van der Waals surface area contributed by atoms with Crippen molar-refractivity contribution in [1.82, 2.24) is 15.4 Å². The molecule has 2 N–H and O–H groups in total. The monoisotopic (exact) mass is 177 g/mol. The summed E-state index contributed by atoms with van der Waals surface area (Å²) in [7, 11) is 0. The first-order valence-corrected chi connectivity index (χ1v) is 2.85. The maximum absolute atomic E-state index is 10.0. The van der Waals surface area contributed by atoms with Crippen LogP contribution >= 0.6 is 12.4 Å². The van der Waals surface area contributed by atoms with E-state index < -0.39 is 5.97 Å². The molecule has 5 nitrogen and oxygen atoms in total. The number of H-pyrrole nitrogens is 1. The van der Waals surface area contributed by atoms with Crippen molar-refractivity contribution in [3.63, 3.8) is 0 Å². The average molecular weight is 178 g/mol. The highest BCUT2D eigenvalue weighted by Gasteiger charge is 1.99. The third-order valence-corrected chi connectivity index (χ3v) is 1.06. The molecule has 0 radical (unpaired) electrons. The molecule has 1 aromatic rings. The number of hydrogen-bond acceptors (Lipinski definition) is 3. The van der Waals surface area contributed by atoms with Crippen LogP contribution in [0.4, 0.5) is 0 Å². The Morgan fingerprint density at radius 3 is 2.91 bits per heavy atom. The molecule has 0 fully saturated rings. The van der Waals surface area contributed by atoms with E-state index in [9.17, 15) is 4.79 Å². The molecule has 0 saturated heterocycles. The van der Waals surface area contributed by atoms with Gasteiger partial charge in [-0.25, -0.2) is 0 Å². The number of carboxylic acid groups (broad SMARTS) is 1. The lowest BCUT2D eigenvalue weighted by molar-refractivity contribution is -0.136. The Labute approximate surface area is 69.2 Å². The third-order valence-electron chi connectivity index (χ3n) is 1.06. The number of aliphatic carboxylic acids is 1. The Morgan fingerprint density at radius 1 is 1.73 bits per heavy atom. The van der Waals surface area contributed by atoms with Gasteiger partial charge in [0.05, 0.1) is 18.3 Å². The van der Waals surface area contributed by atoms with Gasteiger partial charge in [0, 0.05) is 6.42 Å². The minimum absolute atomic E-state index is 0. The van der Waals surface area contributed by atoms with Crippen molar-refractivity contribution in [2.24, 2.45) is 0 Å². The molecule has 0 aromatic carbocycles. The molecular weight excluding hydrogens is 170 g/mol. The molecule has 6 heteroatoms. The molecule has 0 spiro atoms. The van der Waals surface area contributed by atoms with Gasteiger partial charge in [-0.2, -0.15) is 15.4 Å². The van der Waals surface area contributed by atoms with E-state index in [1.54, 1.807) is 0 Å². The van der Waals surface area contributed by atoms with Gasteiger partial charge in [-0.15, -0.1) is 12.4 Å². The number of nitrogens with zero attached hydrogens (tertiary/aromatic N) is 2. The van der Waals surface area contributed by atoms with E-state index in [0.29, 0.717) is 12.1 Å². The van der Waals surface area contributed by atoms with E-state index >= 15 is 0 Å². The molecule has 62 valence electrons. The molecule has 0 aliphatic rings. The lowest BCUT2D eigenvalue weighted by atomic mass is 10.2. The lowest BCUT2D eigenvalue weighted by Gasteiger charge is -1.87. The second kappa shape index (κ2) is 4.68. The molecule has 0 bridgehead atoms. The predicted octanol–water partition coefficient (Wildman–Crippen LogP) is 0.244. The fourth-order valence-electron chi connectivity index (χ4n) is 0.581. The van der Waals surface area contributed by atoms with Gasteiger partial charge in [0.2, 0.25) is 0 Å². The minimum atomic E-state index is -0.817. The molecular formula is C5H8ClN3O2. The zero-order valence-corrected chi connectivity index (χ0v) is 6.47. The number of halogens is 1. The molecule has 0 unspecified atom stereocenters. The highest BCUT2D eigenvalue weighted by Crippen LogP contribution is 1.93. The van der Waals surface area contributed by atoms with E-state index in [1.807, 2.05) is 0 Å². The second-order valence-electron chi connectivity index (χ2n) is 1.86. The van der Waals surface area contributed by atoms with Crippen LogP contribution in [0.15, 0.2) is 6.20 Å². The van der Waals surface area contributed by atoms with Crippen molar-refractivity contribution in [2.75, 3.05) is 0 Å². The molecule has 0 aliphatic heterocycles. The smallest absolute Gasteiger partial charge is 0.303 e. The molecule has 1 aromatic heterocycles. The predicted molar refractivity (Wildman–Crippen MR) is 39.6 cm³/mol. The van der Waals surface area contributed by atoms with E-state index in [4.69, 9.17) is 5.11 Å². The van der Waals surface area contributed by atoms with Gasteiger partial charge in [-0.05, 0) is 0 Å². The first-order valence-electron chi connectivity index (χ1n) is 2.85. The summed E-state index contributed by atoms with van der Waals surface area (Å²) in [6, 6.07) is 0. The van der Waals surface area contributed by atoms with Crippen molar-refractivity contribution in [2.45, 2.75) is 12.8 Å². The third kappa shape index (κ3) is 3.57. The minimum Gasteiger partial charge on any atom is -0.481 e. The summed E-state index contributed by atoms with van der Waals surface area (Å²) in [6.45, 7) is 0. The Hall–Kier alpha value is -1.10. The Balaban J connectivity index is 0.000001000. The highest BCUT2D eigenvalue weighted by molar-refractivity contribution is 5.85. The van der Waals surface area contributed by atoms with Crippen molar-refractivity contribution in [3.05, 3.63) is 11.9 Å². The maximum atomic E-state index is 10.0. The molecule has 0 amide bonds. The largest absolute Gasteiger partial charge is 0.481 e. The van der Waals surface area contributed by atoms with E-state index in [2.05, 4.69) is 15.4 Å². The lowest BCUT2D eigenvalue weighted by Crippen LogP contribution is -1.97. The summed E-state index contributed by atoms with van der Waals surface area (Å²) in [6.07, 6.45) is 2.06. The van der Waals surface area contributed by atoms with Gasteiger partial charge < -0.3 is 5.11 Å². The number of rotatable bonds is 3. The van der Waals surface area contributed by atoms with Crippen LogP contribution in [-0.4, -0.2) is 26.5 Å². The van der Waals surface area contributed by atoms with Gasteiger partial charge >= 0.3 is 5.97 Å². The van der Waals surface area contributed by atoms with Crippen LogP contribution in [-0.2, 0) is 11.2 Å². The first kappa shape index (κ1) is 9.90. The van der Waals surface area contributed by atoms with Crippen molar-refractivity contribution < 1.29 is 9.90 Å². The highest BCUT2D eigenvalue weighted by atomic mass is 35.5. The summed E-state index contributed by atoms with van der Waals surface area (Å²) in [5, 5.41) is 17.9. The van der Waals surface area contributed by atoms with Crippen LogP contribution in [0.2, 0.25) is 0 Å². The fourth-order valence-corrected chi connectivity index (χ4v) is 0.581. The topological polar surface area (TPSA) is 78.9 Å². The standard InChI is InChI=1S/C5H7N3O2.ClH/c9-5(10)2-1-4-3-6-8-7-4;/h3H,1-2H2,(H,9,10)(H,6,7,8);1H. The molecule has 1 rings (SSSR count). The van der Waals surface area contributed by atoms with Gasteiger partial charge in [-0.3, -0.25) is 4.79 Å². The van der Waals surface area contributed by atoms with Crippen molar-refractivity contribution in [3.8, 4) is 0 Å². The first-order chi connectivity index (χ1) is 4.79. The van der Waals surface area contributed by atoms with Gasteiger partial charge in [0.1, 0.15) is 0 Å². The number of hydrogen-bond donors (Lipinski definition) is 2. The van der Waals surface area contributed by atoms with Gasteiger partial charge in [0.15, 0.2) is 0 Å². The summed E-state index contributed by atoms with van der Waals surface area (Å²) in [4.78, 5) is 10.0. The van der Waals surface area contributed by atoms with Gasteiger partial charge in [-0.1, -0.05) is 0 Å². The number of carboxylic acids is 1. The maximum Gasteiger partial charge on any atom is 0.303 e. The number of aryl methyl sites for hydroxylation is 1. The van der Waals surface area contributed by atoms with Crippen LogP contribution in [0.5, 0.6) is 0 Å². The molecule has 0 saturated carbocycles. The summed E-state index contributed by atoms with van der Waals surface area (Å²) < 4.78 is 0. The van der Waals surface area contributed by atoms with Gasteiger partial charge in [0.25, 0.3) is 0 Å². The fraction of sp³-hybridized carbons (Fsp3) is 0.400. The SMILES string of the molecule is Cl.O=C(O)CCc1cn[nH]n1. The summed E-state index contributed by atoms with van der Waals surface area (Å²) in [5.41, 5.74) is 0.683. The Bertz CT molecular complexity index is 212. The van der Waals surface area contributed by atoms with Crippen molar-refractivity contribution >= 4 is 18.4 Å². The van der Waals surface area contributed by atoms with E-state index in [1.165, 1.54) is 6.20 Å². The number of aromatic nitrogens is 3. The van der Waals surface area contributed by atoms with Crippen LogP contribution in [0.1, 0.15) is 12.1 Å². The second-order valence-corrected chi connectivity index (χ2v) is 1.86. The molecule has 0 atom stereocenters. The van der Waals surface area contributed by atoms with Crippen LogP contribution in [0.25, 0.3) is 0 Å². The van der Waals surface area contributed by atoms with E-state index in [-0.39, 0.29) is 18.8 Å². The number of carbonyl (C=O) groups is 1. The van der Waals surface area contributed by atoms with E-state index in [0.717, 1.165) is 0 Å². The van der Waals surface area contributed by atoms with Crippen LogP contribution in [0, 0.1) is 0 Å².